The molecule has 0 saturated heterocycles. The fourth-order valence-corrected chi connectivity index (χ4v) is 2.53. The molecule has 0 heterocycles. The zero-order valence-electron chi connectivity index (χ0n) is 11.0. The molecule has 1 aromatic carbocycles. The van der Waals surface area contributed by atoms with Crippen molar-refractivity contribution in [1.29, 1.82) is 0 Å². The van der Waals surface area contributed by atoms with Gasteiger partial charge in [0.05, 0.1) is 5.56 Å². The maximum absolute atomic E-state index is 12.5. The molecule has 0 radical (unpaired) electrons. The van der Waals surface area contributed by atoms with Gasteiger partial charge in [0.2, 0.25) is 5.91 Å². The first-order valence-electron chi connectivity index (χ1n) is 6.59. The highest BCUT2D eigenvalue weighted by Gasteiger charge is 2.30. The van der Waals surface area contributed by atoms with E-state index in [0.29, 0.717) is 24.0 Å². The molecule has 0 saturated carbocycles. The van der Waals surface area contributed by atoms with Crippen molar-refractivity contribution < 1.29 is 18.0 Å². The van der Waals surface area contributed by atoms with Crippen LogP contribution in [0.25, 0.3) is 5.57 Å². The maximum atomic E-state index is 12.5. The second-order valence-electron chi connectivity index (χ2n) is 4.96. The first kappa shape index (κ1) is 14.6. The first-order chi connectivity index (χ1) is 9.39. The highest BCUT2D eigenvalue weighted by Crippen LogP contribution is 2.34. The molecule has 0 atom stereocenters. The van der Waals surface area contributed by atoms with Gasteiger partial charge in [0.1, 0.15) is 0 Å². The Morgan fingerprint density at radius 3 is 2.15 bits per heavy atom. The number of carbonyl (C=O) groups is 1. The van der Waals surface area contributed by atoms with Crippen LogP contribution < -0.4 is 5.73 Å². The smallest absolute Gasteiger partial charge is 0.366 e. The van der Waals surface area contributed by atoms with E-state index in [1.54, 1.807) is 0 Å². The number of halogens is 3. The Hall–Kier alpha value is -1.78. The lowest BCUT2D eigenvalue weighted by molar-refractivity contribution is -0.137. The molecule has 1 aromatic rings. The van der Waals surface area contributed by atoms with Crippen LogP contribution in [0, 0.1) is 0 Å². The second kappa shape index (κ2) is 5.69. The van der Waals surface area contributed by atoms with E-state index in [4.69, 9.17) is 5.73 Å². The topological polar surface area (TPSA) is 43.1 Å². The van der Waals surface area contributed by atoms with Crippen LogP contribution in [0.5, 0.6) is 0 Å². The lowest BCUT2D eigenvalue weighted by Gasteiger charge is -2.12. The summed E-state index contributed by atoms with van der Waals surface area (Å²) in [6.07, 6.45) is -0.241. The van der Waals surface area contributed by atoms with E-state index in [9.17, 15) is 18.0 Å². The van der Waals surface area contributed by atoms with Gasteiger partial charge in [0.25, 0.3) is 0 Å². The molecule has 2 N–H and O–H groups in total. The molecule has 1 amide bonds. The summed E-state index contributed by atoms with van der Waals surface area (Å²) in [5.41, 5.74) is 6.72. The van der Waals surface area contributed by atoms with Gasteiger partial charge in [0, 0.05) is 5.57 Å². The third kappa shape index (κ3) is 3.21. The van der Waals surface area contributed by atoms with Gasteiger partial charge in [-0.25, -0.2) is 0 Å². The van der Waals surface area contributed by atoms with Gasteiger partial charge in [-0.2, -0.15) is 13.2 Å². The third-order valence-electron chi connectivity index (χ3n) is 3.58. The average molecular weight is 283 g/mol. The molecule has 5 heteroatoms. The van der Waals surface area contributed by atoms with Gasteiger partial charge in [-0.05, 0) is 49.0 Å². The molecule has 20 heavy (non-hydrogen) atoms. The van der Waals surface area contributed by atoms with Crippen molar-refractivity contribution in [1.82, 2.24) is 0 Å². The fraction of sp³-hybridized carbons (Fsp3) is 0.400. The van der Waals surface area contributed by atoms with Crippen molar-refractivity contribution in [2.45, 2.75) is 38.3 Å². The van der Waals surface area contributed by atoms with Crippen molar-refractivity contribution in [3.8, 4) is 0 Å². The van der Waals surface area contributed by atoms with Crippen molar-refractivity contribution in [2.24, 2.45) is 5.73 Å². The van der Waals surface area contributed by atoms with Gasteiger partial charge in [-0.1, -0.05) is 18.6 Å². The predicted molar refractivity (Wildman–Crippen MR) is 70.6 cm³/mol. The highest BCUT2D eigenvalue weighted by molar-refractivity contribution is 6.00. The quantitative estimate of drug-likeness (QED) is 0.878. The van der Waals surface area contributed by atoms with Gasteiger partial charge >= 0.3 is 6.18 Å². The SMILES string of the molecule is NC(=O)C1=C(c2ccc(C(F)(F)F)cc2)CCCCC1. The number of nitrogens with two attached hydrogens (primary N) is 1. The van der Waals surface area contributed by atoms with Crippen molar-refractivity contribution in [2.75, 3.05) is 0 Å². The summed E-state index contributed by atoms with van der Waals surface area (Å²) in [4.78, 5) is 11.5. The van der Waals surface area contributed by atoms with Crippen LogP contribution in [0.2, 0.25) is 0 Å². The number of primary amides is 1. The van der Waals surface area contributed by atoms with Crippen LogP contribution in [0.4, 0.5) is 13.2 Å². The van der Waals surface area contributed by atoms with Gasteiger partial charge in [0.15, 0.2) is 0 Å². The maximum Gasteiger partial charge on any atom is 0.416 e. The predicted octanol–water partition coefficient (Wildman–Crippen LogP) is 3.91. The number of allylic oxidation sites excluding steroid dienone is 1. The Bertz CT molecular complexity index is 529. The summed E-state index contributed by atoms with van der Waals surface area (Å²) in [6.45, 7) is 0. The summed E-state index contributed by atoms with van der Waals surface area (Å²) in [5.74, 6) is -0.471. The van der Waals surface area contributed by atoms with E-state index in [1.165, 1.54) is 12.1 Å². The van der Waals surface area contributed by atoms with Crippen molar-refractivity contribution in [3.05, 3.63) is 41.0 Å². The van der Waals surface area contributed by atoms with Crippen LogP contribution >= 0.6 is 0 Å². The van der Waals surface area contributed by atoms with E-state index < -0.39 is 17.6 Å². The lowest BCUT2D eigenvalue weighted by Crippen LogP contribution is -2.15. The van der Waals surface area contributed by atoms with Gasteiger partial charge in [-0.3, -0.25) is 4.79 Å². The summed E-state index contributed by atoms with van der Waals surface area (Å²) >= 11 is 0. The Labute approximate surface area is 115 Å². The summed E-state index contributed by atoms with van der Waals surface area (Å²) in [7, 11) is 0. The van der Waals surface area contributed by atoms with Crippen molar-refractivity contribution in [3.63, 3.8) is 0 Å². The fourth-order valence-electron chi connectivity index (χ4n) is 2.53. The first-order valence-corrected chi connectivity index (χ1v) is 6.59. The molecule has 0 spiro atoms. The monoisotopic (exact) mass is 283 g/mol. The molecule has 1 aliphatic rings. The number of hydrogen-bond acceptors (Lipinski definition) is 1. The normalized spacial score (nSPS) is 16.9. The summed E-state index contributed by atoms with van der Waals surface area (Å²) < 4.78 is 37.6. The van der Waals surface area contributed by atoms with Gasteiger partial charge in [-0.15, -0.1) is 0 Å². The number of rotatable bonds is 2. The zero-order chi connectivity index (χ0) is 14.8. The van der Waals surface area contributed by atoms with Crippen LogP contribution in [0.15, 0.2) is 29.8 Å². The Balaban J connectivity index is 2.39. The van der Waals surface area contributed by atoms with Crippen LogP contribution in [-0.2, 0) is 11.0 Å². The van der Waals surface area contributed by atoms with Gasteiger partial charge < -0.3 is 5.73 Å². The summed E-state index contributed by atoms with van der Waals surface area (Å²) in [6, 6.07) is 4.94. The third-order valence-corrected chi connectivity index (χ3v) is 3.58. The standard InChI is InChI=1S/C15H16F3NO/c16-15(17,18)11-8-6-10(7-9-11)12-4-2-1-3-5-13(12)14(19)20/h6-9H,1-5H2,(H2,19,20). The van der Waals surface area contributed by atoms with Crippen LogP contribution in [0.3, 0.4) is 0 Å². The number of hydrogen-bond donors (Lipinski definition) is 1. The summed E-state index contributed by atoms with van der Waals surface area (Å²) in [5, 5.41) is 0. The molecule has 108 valence electrons. The number of amides is 1. The van der Waals surface area contributed by atoms with E-state index in [0.717, 1.165) is 37.0 Å². The Kier molecular flexibility index (Phi) is 4.16. The molecule has 0 fully saturated rings. The molecule has 0 aromatic heterocycles. The van der Waals surface area contributed by atoms with Crippen LogP contribution in [0.1, 0.15) is 43.2 Å². The highest BCUT2D eigenvalue weighted by atomic mass is 19.4. The molecule has 2 rings (SSSR count). The number of carbonyl (C=O) groups excluding carboxylic acids is 1. The average Bonchev–Trinajstić information content (AvgIpc) is 2.63. The molecule has 0 unspecified atom stereocenters. The molecular formula is C15H16F3NO. The Morgan fingerprint density at radius 2 is 1.60 bits per heavy atom. The van der Waals surface area contributed by atoms with E-state index in [-0.39, 0.29) is 0 Å². The molecular weight excluding hydrogens is 267 g/mol. The number of benzene rings is 1. The molecule has 0 bridgehead atoms. The second-order valence-corrected chi connectivity index (χ2v) is 4.96. The van der Waals surface area contributed by atoms with E-state index in [2.05, 4.69) is 0 Å². The lowest BCUT2D eigenvalue weighted by atomic mass is 9.95. The Morgan fingerprint density at radius 1 is 1.00 bits per heavy atom. The molecule has 1 aliphatic carbocycles. The minimum Gasteiger partial charge on any atom is -0.366 e. The largest absolute Gasteiger partial charge is 0.416 e. The molecule has 2 nitrogen and oxygen atoms in total. The number of alkyl halides is 3. The molecule has 0 aliphatic heterocycles. The van der Waals surface area contributed by atoms with E-state index >= 15 is 0 Å². The minimum absolute atomic E-state index is 0.471. The van der Waals surface area contributed by atoms with E-state index in [1.807, 2.05) is 0 Å². The van der Waals surface area contributed by atoms with Crippen molar-refractivity contribution >= 4 is 11.5 Å². The van der Waals surface area contributed by atoms with Crippen LogP contribution in [-0.4, -0.2) is 5.91 Å². The minimum atomic E-state index is -4.34. The zero-order valence-corrected chi connectivity index (χ0v) is 11.0.